The fraction of sp³-hybridized carbons (Fsp3) is 0.848. The molecule has 0 spiro atoms. The number of fused-ring (bicyclic) bond motifs is 7. The molecule has 40 heavy (non-hydrogen) atoms. The number of hydrogen-bond donors (Lipinski definition) is 2. The second kappa shape index (κ2) is 9.93. The van der Waals surface area contributed by atoms with Crippen molar-refractivity contribution in [1.29, 1.82) is 0 Å². The number of ketones is 1. The molecule has 3 unspecified atom stereocenters. The van der Waals surface area contributed by atoms with E-state index in [1.807, 2.05) is 0 Å². The average Bonchev–Trinajstić information content (AvgIpc) is 2.86. The Bertz CT molecular complexity index is 1100. The zero-order valence-corrected chi connectivity index (χ0v) is 25.4. The van der Waals surface area contributed by atoms with Crippen LogP contribution in [0.4, 0.5) is 0 Å². The standard InChI is InChI=1S/C33H50O7/c1-20-9-7-13-29(2)16-17-31(4)21(26(20)29)19-22(34)27-30(3)14-12-24(40-39-18-8-10-25(35)36)33(6,28(37)38)23(30)11-15-32(27,31)5/h19-20,23-24,26-27H,7-18H2,1-6H3,(H,35,36)(H,37,38)/t20-,23?,24+,26?,27?,29+,30-,31+,32+,33+/m0/s1. The van der Waals surface area contributed by atoms with Gasteiger partial charge in [0.2, 0.25) is 0 Å². The molecular weight excluding hydrogens is 508 g/mol. The molecule has 0 aromatic heterocycles. The van der Waals surface area contributed by atoms with Crippen molar-refractivity contribution in [2.45, 2.75) is 118 Å². The van der Waals surface area contributed by atoms with Crippen molar-refractivity contribution in [3.8, 4) is 0 Å². The van der Waals surface area contributed by atoms with Crippen molar-refractivity contribution in [2.24, 2.45) is 50.7 Å². The van der Waals surface area contributed by atoms with Gasteiger partial charge in [-0.25, -0.2) is 9.78 Å². The van der Waals surface area contributed by atoms with Crippen LogP contribution >= 0.6 is 0 Å². The second-order valence-electron chi connectivity index (χ2n) is 15.3. The van der Waals surface area contributed by atoms with Gasteiger partial charge < -0.3 is 10.2 Å². The van der Waals surface area contributed by atoms with Crippen LogP contribution in [0.2, 0.25) is 0 Å². The minimum atomic E-state index is -1.21. The maximum Gasteiger partial charge on any atom is 0.312 e. The van der Waals surface area contributed by atoms with Crippen LogP contribution < -0.4 is 0 Å². The van der Waals surface area contributed by atoms with Crippen LogP contribution in [0.25, 0.3) is 0 Å². The molecule has 0 aliphatic heterocycles. The number of carboxylic acids is 2. The lowest BCUT2D eigenvalue weighted by Gasteiger charge is -2.70. The Morgan fingerprint density at radius 3 is 2.38 bits per heavy atom. The van der Waals surface area contributed by atoms with E-state index in [2.05, 4.69) is 40.7 Å². The van der Waals surface area contributed by atoms with Crippen molar-refractivity contribution in [3.63, 3.8) is 0 Å². The van der Waals surface area contributed by atoms with Crippen LogP contribution in [0, 0.1) is 50.7 Å². The van der Waals surface area contributed by atoms with E-state index in [4.69, 9.17) is 14.9 Å². The number of aliphatic carboxylic acids is 2. The highest BCUT2D eigenvalue weighted by Gasteiger charge is 2.72. The number of carbonyl (C=O) groups excluding carboxylic acids is 1. The minimum Gasteiger partial charge on any atom is -0.481 e. The summed E-state index contributed by atoms with van der Waals surface area (Å²) in [5, 5.41) is 19.5. The highest BCUT2D eigenvalue weighted by atomic mass is 17.2. The van der Waals surface area contributed by atoms with Gasteiger partial charge in [-0.15, -0.1) is 0 Å². The van der Waals surface area contributed by atoms with Crippen LogP contribution in [0.5, 0.6) is 0 Å². The zero-order chi connectivity index (χ0) is 29.3. The van der Waals surface area contributed by atoms with Crippen LogP contribution in [-0.2, 0) is 24.2 Å². The zero-order valence-electron chi connectivity index (χ0n) is 25.4. The Balaban J connectivity index is 1.48. The topological polar surface area (TPSA) is 110 Å². The van der Waals surface area contributed by atoms with Gasteiger partial charge in [0, 0.05) is 12.3 Å². The fourth-order valence-electron chi connectivity index (χ4n) is 11.1. The third-order valence-electron chi connectivity index (χ3n) is 13.4. The fourth-order valence-corrected chi connectivity index (χ4v) is 11.1. The maximum atomic E-state index is 14.4. The maximum absolute atomic E-state index is 14.4. The molecule has 5 aliphatic carbocycles. The molecule has 0 radical (unpaired) electrons. The first-order valence-electron chi connectivity index (χ1n) is 15.6. The molecular formula is C33H50O7. The lowest BCUT2D eigenvalue weighted by atomic mass is 9.33. The molecule has 4 saturated carbocycles. The lowest BCUT2D eigenvalue weighted by Crippen LogP contribution is -2.68. The van der Waals surface area contributed by atoms with E-state index < -0.39 is 28.9 Å². The van der Waals surface area contributed by atoms with E-state index in [-0.39, 0.29) is 46.9 Å². The summed E-state index contributed by atoms with van der Waals surface area (Å²) in [5.74, 6) is -1.06. The molecule has 7 heteroatoms. The summed E-state index contributed by atoms with van der Waals surface area (Å²) in [6.07, 6.45) is 10.4. The Kier molecular flexibility index (Phi) is 7.39. The van der Waals surface area contributed by atoms with Gasteiger partial charge >= 0.3 is 11.9 Å². The highest BCUT2D eigenvalue weighted by molar-refractivity contribution is 5.96. The van der Waals surface area contributed by atoms with Crippen molar-refractivity contribution < 1.29 is 34.4 Å². The smallest absolute Gasteiger partial charge is 0.312 e. The van der Waals surface area contributed by atoms with Gasteiger partial charge in [-0.3, -0.25) is 14.4 Å². The second-order valence-corrected chi connectivity index (χ2v) is 15.3. The SMILES string of the molecule is C[C@H]1CCC[C@]2(C)CC[C@]3(C)C(=CC(=O)C4[C@@]5(C)CC[C@@H](OOCCCC(=O)O)[C@](C)(C(=O)O)C5CC[C@]43C)C12. The molecule has 5 aliphatic rings. The first kappa shape index (κ1) is 29.8. The third-order valence-corrected chi connectivity index (χ3v) is 13.4. The number of rotatable bonds is 7. The van der Waals surface area contributed by atoms with Crippen LogP contribution in [0.15, 0.2) is 11.6 Å². The average molecular weight is 559 g/mol. The first-order chi connectivity index (χ1) is 18.6. The number of carbonyl (C=O) groups is 3. The van der Waals surface area contributed by atoms with Gasteiger partial charge in [0.15, 0.2) is 5.78 Å². The van der Waals surface area contributed by atoms with Crippen molar-refractivity contribution in [2.75, 3.05) is 6.61 Å². The molecule has 0 bridgehead atoms. The Morgan fingerprint density at radius 2 is 1.70 bits per heavy atom. The van der Waals surface area contributed by atoms with Gasteiger partial charge in [-0.05, 0) is 104 Å². The molecule has 4 fully saturated rings. The number of allylic oxidation sites excluding steroid dienone is 2. The molecule has 0 aromatic rings. The molecule has 2 N–H and O–H groups in total. The third kappa shape index (κ3) is 4.07. The number of hydrogen-bond acceptors (Lipinski definition) is 5. The van der Waals surface area contributed by atoms with E-state index in [0.29, 0.717) is 31.1 Å². The largest absolute Gasteiger partial charge is 0.481 e. The van der Waals surface area contributed by atoms with Gasteiger partial charge in [0.1, 0.15) is 6.10 Å². The monoisotopic (exact) mass is 558 g/mol. The summed E-state index contributed by atoms with van der Waals surface area (Å²) in [6, 6.07) is 0. The minimum absolute atomic E-state index is 0.0274. The normalized spacial score (nSPS) is 48.2. The molecule has 224 valence electrons. The molecule has 0 saturated heterocycles. The van der Waals surface area contributed by atoms with Gasteiger partial charge in [-0.1, -0.05) is 53.0 Å². The molecule has 5 rings (SSSR count). The van der Waals surface area contributed by atoms with Gasteiger partial charge in [0.05, 0.1) is 12.0 Å². The van der Waals surface area contributed by atoms with Crippen LogP contribution in [0.1, 0.15) is 112 Å². The van der Waals surface area contributed by atoms with E-state index in [1.54, 1.807) is 6.92 Å². The highest BCUT2D eigenvalue weighted by Crippen LogP contribution is 2.75. The summed E-state index contributed by atoms with van der Waals surface area (Å²) >= 11 is 0. The molecule has 10 atom stereocenters. The van der Waals surface area contributed by atoms with E-state index in [0.717, 1.165) is 19.3 Å². The first-order valence-corrected chi connectivity index (χ1v) is 15.6. The lowest BCUT2D eigenvalue weighted by molar-refractivity contribution is -0.360. The van der Waals surface area contributed by atoms with E-state index in [1.165, 1.54) is 31.3 Å². The molecule has 0 amide bonds. The van der Waals surface area contributed by atoms with E-state index >= 15 is 0 Å². The van der Waals surface area contributed by atoms with Gasteiger partial charge in [0.25, 0.3) is 0 Å². The predicted molar refractivity (Wildman–Crippen MR) is 150 cm³/mol. The van der Waals surface area contributed by atoms with Crippen molar-refractivity contribution in [3.05, 3.63) is 11.6 Å². The van der Waals surface area contributed by atoms with Crippen LogP contribution in [-0.4, -0.2) is 40.6 Å². The molecule has 0 aromatic carbocycles. The van der Waals surface area contributed by atoms with Crippen LogP contribution in [0.3, 0.4) is 0 Å². The molecule has 7 nitrogen and oxygen atoms in total. The Hall–Kier alpha value is -1.73. The van der Waals surface area contributed by atoms with Crippen molar-refractivity contribution >= 4 is 17.7 Å². The number of carboxylic acid groups (broad SMARTS) is 2. The molecule has 0 heterocycles. The predicted octanol–water partition coefficient (Wildman–Crippen LogP) is 6.84. The summed E-state index contributed by atoms with van der Waals surface area (Å²) in [7, 11) is 0. The van der Waals surface area contributed by atoms with Gasteiger partial charge in [-0.2, -0.15) is 0 Å². The van der Waals surface area contributed by atoms with E-state index in [9.17, 15) is 19.5 Å². The summed E-state index contributed by atoms with van der Waals surface area (Å²) < 4.78 is 0. The van der Waals surface area contributed by atoms with Crippen molar-refractivity contribution in [1.82, 2.24) is 0 Å². The Morgan fingerprint density at radius 1 is 0.975 bits per heavy atom. The summed E-state index contributed by atoms with van der Waals surface area (Å²) in [6.45, 7) is 13.7. The summed E-state index contributed by atoms with van der Waals surface area (Å²) in [5.41, 5.74) is -0.324. The quantitative estimate of drug-likeness (QED) is 0.200. The Labute approximate surface area is 239 Å². The summed E-state index contributed by atoms with van der Waals surface area (Å²) in [4.78, 5) is 49.4.